The van der Waals surface area contributed by atoms with Crippen LogP contribution >= 0.6 is 0 Å². The lowest BCUT2D eigenvalue weighted by Gasteiger charge is -2.31. The number of hydrogen-bond donors (Lipinski definition) is 0. The number of rotatable bonds is 3. The van der Waals surface area contributed by atoms with Crippen LogP contribution in [-0.2, 0) is 9.84 Å². The third-order valence-electron chi connectivity index (χ3n) is 3.87. The van der Waals surface area contributed by atoms with Crippen molar-refractivity contribution in [2.75, 3.05) is 25.9 Å². The number of nitrogens with zero attached hydrogens (tertiary/aromatic N) is 1. The van der Waals surface area contributed by atoms with Crippen LogP contribution in [0.15, 0.2) is 23.1 Å². The van der Waals surface area contributed by atoms with E-state index in [1.807, 2.05) is 0 Å². The molecule has 5 heteroatoms. The Kier molecular flexibility index (Phi) is 4.26. The quantitative estimate of drug-likeness (QED) is 0.856. The van der Waals surface area contributed by atoms with Gasteiger partial charge in [0.05, 0.1) is 0 Å². The highest BCUT2D eigenvalue weighted by Crippen LogP contribution is 2.31. The first kappa shape index (κ1) is 14.5. The van der Waals surface area contributed by atoms with Crippen LogP contribution in [0.3, 0.4) is 0 Å². The van der Waals surface area contributed by atoms with Crippen LogP contribution in [0.4, 0.5) is 4.39 Å². The molecule has 106 valence electrons. The van der Waals surface area contributed by atoms with Gasteiger partial charge in [0.25, 0.3) is 0 Å². The van der Waals surface area contributed by atoms with E-state index in [0.29, 0.717) is 5.56 Å². The lowest BCUT2D eigenvalue weighted by Crippen LogP contribution is -2.32. The van der Waals surface area contributed by atoms with Crippen molar-refractivity contribution in [1.29, 1.82) is 0 Å². The highest BCUT2D eigenvalue weighted by molar-refractivity contribution is 7.90. The Balaban J connectivity index is 2.27. The Labute approximate surface area is 114 Å². The fraction of sp³-hybridized carbons (Fsp3) is 0.571. The van der Waals surface area contributed by atoms with Crippen LogP contribution in [-0.4, -0.2) is 39.2 Å². The number of halogens is 1. The van der Waals surface area contributed by atoms with Crippen LogP contribution < -0.4 is 0 Å². The molecule has 0 unspecified atom stereocenters. The monoisotopic (exact) mass is 285 g/mol. The van der Waals surface area contributed by atoms with Gasteiger partial charge >= 0.3 is 0 Å². The Bertz CT molecular complexity index is 549. The highest BCUT2D eigenvalue weighted by atomic mass is 32.2. The first-order valence-corrected chi connectivity index (χ1v) is 8.53. The Morgan fingerprint density at radius 1 is 1.32 bits per heavy atom. The molecule has 0 aliphatic carbocycles. The number of piperidine rings is 1. The zero-order valence-electron chi connectivity index (χ0n) is 11.4. The van der Waals surface area contributed by atoms with Crippen molar-refractivity contribution in [2.45, 2.75) is 30.6 Å². The van der Waals surface area contributed by atoms with Crippen LogP contribution in [0.1, 0.15) is 31.2 Å². The summed E-state index contributed by atoms with van der Waals surface area (Å²) < 4.78 is 37.4. The summed E-state index contributed by atoms with van der Waals surface area (Å²) in [4.78, 5) is 2.15. The Hall–Kier alpha value is -0.940. The predicted octanol–water partition coefficient (Wildman–Crippen LogP) is 2.43. The van der Waals surface area contributed by atoms with Crippen molar-refractivity contribution in [3.05, 3.63) is 29.6 Å². The predicted molar refractivity (Wildman–Crippen MR) is 73.6 cm³/mol. The topological polar surface area (TPSA) is 37.4 Å². The lowest BCUT2D eigenvalue weighted by molar-refractivity contribution is 0.220. The molecule has 1 aromatic carbocycles. The largest absolute Gasteiger partial charge is 0.304 e. The van der Waals surface area contributed by atoms with Crippen LogP contribution in [0.25, 0.3) is 0 Å². The van der Waals surface area contributed by atoms with E-state index in [0.717, 1.165) is 38.7 Å². The van der Waals surface area contributed by atoms with E-state index in [4.69, 9.17) is 0 Å². The summed E-state index contributed by atoms with van der Waals surface area (Å²) in [5.74, 6) is -0.426. The fourth-order valence-electron chi connectivity index (χ4n) is 2.69. The molecule has 1 aliphatic rings. The van der Waals surface area contributed by atoms with Crippen molar-refractivity contribution in [3.8, 4) is 0 Å². The Morgan fingerprint density at radius 2 is 1.95 bits per heavy atom. The minimum Gasteiger partial charge on any atom is -0.304 e. The summed E-state index contributed by atoms with van der Waals surface area (Å²) in [6.45, 7) is 5.02. The summed E-state index contributed by atoms with van der Waals surface area (Å²) >= 11 is 0. The van der Waals surface area contributed by atoms with Crippen molar-refractivity contribution < 1.29 is 12.8 Å². The SMILES string of the molecule is CCN1CCC(c2cccc(S(C)(=O)=O)c2F)CC1. The molecule has 0 saturated carbocycles. The van der Waals surface area contributed by atoms with Gasteiger partial charge in [-0.25, -0.2) is 12.8 Å². The smallest absolute Gasteiger partial charge is 0.178 e. The molecule has 3 nitrogen and oxygen atoms in total. The molecule has 19 heavy (non-hydrogen) atoms. The number of sulfone groups is 1. The van der Waals surface area contributed by atoms with Crippen LogP contribution in [0, 0.1) is 5.82 Å². The van der Waals surface area contributed by atoms with Gasteiger partial charge in [-0.2, -0.15) is 0 Å². The summed E-state index contributed by atoms with van der Waals surface area (Å²) in [6.07, 6.45) is 2.82. The van der Waals surface area contributed by atoms with Gasteiger partial charge in [-0.05, 0) is 50.0 Å². The Morgan fingerprint density at radius 3 is 2.47 bits per heavy atom. The molecule has 1 fully saturated rings. The van der Waals surface area contributed by atoms with Gasteiger partial charge in [0.1, 0.15) is 10.7 Å². The van der Waals surface area contributed by atoms with Crippen molar-refractivity contribution in [1.82, 2.24) is 4.90 Å². The minimum absolute atomic E-state index is 0.129. The fourth-order valence-corrected chi connectivity index (χ4v) is 3.46. The second-order valence-corrected chi connectivity index (χ2v) is 7.12. The normalized spacial score (nSPS) is 18.7. The highest BCUT2D eigenvalue weighted by Gasteiger charge is 2.25. The second-order valence-electron chi connectivity index (χ2n) is 5.14. The average Bonchev–Trinajstić information content (AvgIpc) is 2.38. The first-order chi connectivity index (χ1) is 8.93. The van der Waals surface area contributed by atoms with E-state index >= 15 is 0 Å². The third-order valence-corrected chi connectivity index (χ3v) is 4.98. The van der Waals surface area contributed by atoms with Gasteiger partial charge in [-0.15, -0.1) is 0 Å². The van der Waals surface area contributed by atoms with Crippen LogP contribution in [0.2, 0.25) is 0 Å². The molecule has 2 rings (SSSR count). The van der Waals surface area contributed by atoms with Crippen molar-refractivity contribution in [3.63, 3.8) is 0 Å². The molecular weight excluding hydrogens is 265 g/mol. The van der Waals surface area contributed by atoms with E-state index in [1.54, 1.807) is 12.1 Å². The van der Waals surface area contributed by atoms with Crippen molar-refractivity contribution in [2.24, 2.45) is 0 Å². The molecule has 0 N–H and O–H groups in total. The lowest BCUT2D eigenvalue weighted by atomic mass is 9.89. The van der Waals surface area contributed by atoms with Crippen LogP contribution in [0.5, 0.6) is 0 Å². The zero-order valence-corrected chi connectivity index (χ0v) is 12.2. The van der Waals surface area contributed by atoms with E-state index < -0.39 is 15.7 Å². The van der Waals surface area contributed by atoms with E-state index in [9.17, 15) is 12.8 Å². The summed E-state index contributed by atoms with van der Waals surface area (Å²) in [7, 11) is -3.50. The molecule has 1 saturated heterocycles. The molecule has 0 radical (unpaired) electrons. The van der Waals surface area contributed by atoms with Gasteiger partial charge in [-0.1, -0.05) is 19.1 Å². The number of likely N-dealkylation sites (tertiary alicyclic amines) is 1. The maximum Gasteiger partial charge on any atom is 0.178 e. The molecule has 0 amide bonds. The van der Waals surface area contributed by atoms with E-state index in [1.165, 1.54) is 6.07 Å². The molecule has 0 aromatic heterocycles. The number of benzene rings is 1. The van der Waals surface area contributed by atoms with Gasteiger partial charge in [0, 0.05) is 6.26 Å². The standard InChI is InChI=1S/C14H20FNO2S/c1-3-16-9-7-11(8-10-16)12-5-4-6-13(14(12)15)19(2,17)18/h4-6,11H,3,7-10H2,1-2H3. The van der Waals surface area contributed by atoms with E-state index in [-0.39, 0.29) is 10.8 Å². The minimum atomic E-state index is -3.50. The summed E-state index contributed by atoms with van der Waals surface area (Å²) in [6, 6.07) is 4.70. The maximum absolute atomic E-state index is 14.3. The number of hydrogen-bond acceptors (Lipinski definition) is 3. The molecule has 1 aromatic rings. The molecule has 1 heterocycles. The third kappa shape index (κ3) is 3.15. The van der Waals surface area contributed by atoms with Crippen molar-refractivity contribution >= 4 is 9.84 Å². The molecule has 0 spiro atoms. The molecular formula is C14H20FNO2S. The van der Waals surface area contributed by atoms with Gasteiger partial charge in [0.2, 0.25) is 0 Å². The second kappa shape index (κ2) is 5.59. The molecule has 1 aliphatic heterocycles. The van der Waals surface area contributed by atoms with Gasteiger partial charge < -0.3 is 4.90 Å². The van der Waals surface area contributed by atoms with Gasteiger partial charge in [0.15, 0.2) is 9.84 Å². The first-order valence-electron chi connectivity index (χ1n) is 6.64. The maximum atomic E-state index is 14.3. The van der Waals surface area contributed by atoms with Gasteiger partial charge in [-0.3, -0.25) is 0 Å². The average molecular weight is 285 g/mol. The summed E-state index contributed by atoms with van der Waals surface area (Å²) in [5.41, 5.74) is 0.554. The molecule has 0 atom stereocenters. The van der Waals surface area contributed by atoms with E-state index in [2.05, 4.69) is 11.8 Å². The molecule has 0 bridgehead atoms. The summed E-state index contributed by atoms with van der Waals surface area (Å²) in [5, 5.41) is 0. The zero-order chi connectivity index (χ0) is 14.0.